The van der Waals surface area contributed by atoms with Gasteiger partial charge in [0, 0.05) is 23.0 Å². The second-order valence-corrected chi connectivity index (χ2v) is 5.22. The molecule has 0 aliphatic carbocycles. The van der Waals surface area contributed by atoms with E-state index < -0.39 is 12.0 Å². The van der Waals surface area contributed by atoms with Crippen LogP contribution in [0, 0.1) is 0 Å². The van der Waals surface area contributed by atoms with Gasteiger partial charge in [0.05, 0.1) is 0 Å². The molecule has 0 aliphatic heterocycles. The van der Waals surface area contributed by atoms with Gasteiger partial charge in [0.25, 0.3) is 0 Å². The second-order valence-electron chi connectivity index (χ2n) is 4.86. The smallest absolute Gasteiger partial charge is 0.329 e. The molecule has 0 spiro atoms. The Labute approximate surface area is 132 Å². The van der Waals surface area contributed by atoms with Gasteiger partial charge >= 0.3 is 5.97 Å². The highest BCUT2D eigenvalue weighted by molar-refractivity contribution is 7.80. The lowest BCUT2D eigenvalue weighted by atomic mass is 10.1. The zero-order chi connectivity index (χ0) is 15.5. The van der Waals surface area contributed by atoms with Crippen LogP contribution in [0.3, 0.4) is 0 Å². The fraction of sp³-hybridized carbons (Fsp3) is 0.125. The molecule has 112 valence electrons. The average molecular weight is 313 g/mol. The monoisotopic (exact) mass is 313 g/mol. The fourth-order valence-electron chi connectivity index (χ4n) is 2.08. The Balaban J connectivity index is 1.80. The summed E-state index contributed by atoms with van der Waals surface area (Å²) in [6.45, 7) is 0. The van der Waals surface area contributed by atoms with Crippen molar-refractivity contribution in [3.05, 3.63) is 48.7 Å². The van der Waals surface area contributed by atoms with E-state index in [4.69, 9.17) is 10.5 Å². The number of H-pyrrole nitrogens is 1. The molecule has 2 heterocycles. The summed E-state index contributed by atoms with van der Waals surface area (Å²) in [6.07, 6.45) is 1.75. The molecular formula is C16H15N3O2S. The minimum atomic E-state index is -0.720. The number of ether oxygens (including phenoxy) is 1. The lowest BCUT2D eigenvalue weighted by Crippen LogP contribution is -2.35. The zero-order valence-corrected chi connectivity index (χ0v) is 12.6. The van der Waals surface area contributed by atoms with E-state index in [1.807, 2.05) is 30.3 Å². The normalized spacial score (nSPS) is 12.3. The van der Waals surface area contributed by atoms with Gasteiger partial charge in [-0.15, -0.1) is 0 Å². The van der Waals surface area contributed by atoms with Crippen LogP contribution in [0.15, 0.2) is 48.7 Å². The number of nitrogens with two attached hydrogens (primary N) is 1. The standard InChI is InChI=1S/C16H15N3O2S/c17-13(9-22)16(20)21-12-5-3-10(4-6-12)14-8-11-2-1-7-18-15(11)19-14/h1-8,13,22H,9,17H2,(H,18,19). The number of carbonyl (C=O) groups is 1. The van der Waals surface area contributed by atoms with E-state index in [1.54, 1.807) is 18.3 Å². The fourth-order valence-corrected chi connectivity index (χ4v) is 2.23. The van der Waals surface area contributed by atoms with Gasteiger partial charge in [0.1, 0.15) is 17.4 Å². The highest BCUT2D eigenvalue weighted by Crippen LogP contribution is 2.25. The third-order valence-electron chi connectivity index (χ3n) is 3.28. The molecule has 0 saturated carbocycles. The number of benzene rings is 1. The molecule has 6 heteroatoms. The number of nitrogens with one attached hydrogen (secondary N) is 1. The van der Waals surface area contributed by atoms with Crippen molar-refractivity contribution in [2.75, 3.05) is 5.75 Å². The number of nitrogens with zero attached hydrogens (tertiary/aromatic N) is 1. The van der Waals surface area contributed by atoms with Crippen molar-refractivity contribution in [3.63, 3.8) is 0 Å². The molecule has 22 heavy (non-hydrogen) atoms. The lowest BCUT2D eigenvalue weighted by Gasteiger charge is -2.08. The molecular weight excluding hydrogens is 298 g/mol. The first kappa shape index (κ1) is 14.6. The Morgan fingerprint density at radius 3 is 2.77 bits per heavy atom. The first-order valence-corrected chi connectivity index (χ1v) is 7.43. The molecule has 3 rings (SSSR count). The summed E-state index contributed by atoms with van der Waals surface area (Å²) in [5, 5.41) is 1.05. The van der Waals surface area contributed by atoms with E-state index >= 15 is 0 Å². The molecule has 5 nitrogen and oxygen atoms in total. The Morgan fingerprint density at radius 2 is 2.09 bits per heavy atom. The van der Waals surface area contributed by atoms with Crippen LogP contribution in [0.1, 0.15) is 0 Å². The lowest BCUT2D eigenvalue weighted by molar-refractivity contribution is -0.135. The van der Waals surface area contributed by atoms with Gasteiger partial charge in [0.2, 0.25) is 0 Å². The number of carbonyl (C=O) groups excluding carboxylic acids is 1. The Hall–Kier alpha value is -2.31. The number of thiol groups is 1. The molecule has 0 amide bonds. The molecule has 3 N–H and O–H groups in total. The van der Waals surface area contributed by atoms with E-state index in [1.165, 1.54) is 0 Å². The Morgan fingerprint density at radius 1 is 1.32 bits per heavy atom. The molecule has 3 aromatic rings. The molecule has 0 fully saturated rings. The molecule has 0 bridgehead atoms. The van der Waals surface area contributed by atoms with Crippen LogP contribution in [0.5, 0.6) is 5.75 Å². The van der Waals surface area contributed by atoms with Crippen LogP contribution in [0.25, 0.3) is 22.3 Å². The van der Waals surface area contributed by atoms with Gasteiger partial charge in [-0.3, -0.25) is 0 Å². The average Bonchev–Trinajstić information content (AvgIpc) is 2.98. The number of esters is 1. The van der Waals surface area contributed by atoms with Gasteiger partial charge in [-0.05, 0) is 48.0 Å². The molecule has 1 unspecified atom stereocenters. The molecule has 0 radical (unpaired) electrons. The van der Waals surface area contributed by atoms with Crippen molar-refractivity contribution >= 4 is 29.6 Å². The summed E-state index contributed by atoms with van der Waals surface area (Å²) in [6, 6.07) is 12.4. The third kappa shape index (κ3) is 2.98. The third-order valence-corrected chi connectivity index (χ3v) is 3.67. The van der Waals surface area contributed by atoms with E-state index in [0.717, 1.165) is 22.3 Å². The minimum Gasteiger partial charge on any atom is -0.425 e. The van der Waals surface area contributed by atoms with Gasteiger partial charge < -0.3 is 15.5 Å². The van der Waals surface area contributed by atoms with Gasteiger partial charge in [-0.25, -0.2) is 9.78 Å². The number of aromatic amines is 1. The minimum absolute atomic E-state index is 0.249. The molecule has 1 atom stereocenters. The topological polar surface area (TPSA) is 81.0 Å². The number of hydrogen-bond donors (Lipinski definition) is 3. The predicted molar refractivity (Wildman–Crippen MR) is 89.0 cm³/mol. The molecule has 1 aromatic carbocycles. The highest BCUT2D eigenvalue weighted by atomic mass is 32.1. The Bertz CT molecular complexity index is 766. The van der Waals surface area contributed by atoms with E-state index in [-0.39, 0.29) is 5.75 Å². The van der Waals surface area contributed by atoms with E-state index in [9.17, 15) is 4.79 Å². The first-order valence-electron chi connectivity index (χ1n) is 6.79. The summed E-state index contributed by atoms with van der Waals surface area (Å²) in [7, 11) is 0. The summed E-state index contributed by atoms with van der Waals surface area (Å²) in [5.74, 6) is 0.219. The largest absolute Gasteiger partial charge is 0.425 e. The van der Waals surface area contributed by atoms with Crippen molar-refractivity contribution in [1.29, 1.82) is 0 Å². The predicted octanol–water partition coefficient (Wildman–Crippen LogP) is 2.39. The first-order chi connectivity index (χ1) is 10.7. The van der Waals surface area contributed by atoms with E-state index in [0.29, 0.717) is 5.75 Å². The maximum absolute atomic E-state index is 11.6. The van der Waals surface area contributed by atoms with Crippen LogP contribution in [-0.2, 0) is 4.79 Å². The molecule has 2 aromatic heterocycles. The maximum atomic E-state index is 11.6. The number of pyridine rings is 1. The summed E-state index contributed by atoms with van der Waals surface area (Å²) in [4.78, 5) is 19.1. The quantitative estimate of drug-likeness (QED) is 0.392. The number of aromatic nitrogens is 2. The van der Waals surface area contributed by atoms with Crippen molar-refractivity contribution in [1.82, 2.24) is 9.97 Å². The zero-order valence-electron chi connectivity index (χ0n) is 11.7. The maximum Gasteiger partial charge on any atom is 0.329 e. The van der Waals surface area contributed by atoms with Crippen molar-refractivity contribution in [3.8, 4) is 17.0 Å². The van der Waals surface area contributed by atoms with Crippen molar-refractivity contribution in [2.24, 2.45) is 5.73 Å². The number of hydrogen-bond acceptors (Lipinski definition) is 5. The van der Waals surface area contributed by atoms with Crippen LogP contribution in [0.4, 0.5) is 0 Å². The van der Waals surface area contributed by atoms with Crippen molar-refractivity contribution in [2.45, 2.75) is 6.04 Å². The summed E-state index contributed by atoms with van der Waals surface area (Å²) < 4.78 is 5.18. The number of fused-ring (bicyclic) bond motifs is 1. The van der Waals surface area contributed by atoms with Gasteiger partial charge in [-0.2, -0.15) is 12.6 Å². The second kappa shape index (κ2) is 6.21. The Kier molecular flexibility index (Phi) is 4.13. The van der Waals surface area contributed by atoms with E-state index in [2.05, 4.69) is 22.6 Å². The summed E-state index contributed by atoms with van der Waals surface area (Å²) >= 11 is 3.97. The van der Waals surface area contributed by atoms with Crippen molar-refractivity contribution < 1.29 is 9.53 Å². The highest BCUT2D eigenvalue weighted by Gasteiger charge is 2.14. The van der Waals surface area contributed by atoms with Crippen LogP contribution in [-0.4, -0.2) is 27.7 Å². The number of rotatable bonds is 4. The van der Waals surface area contributed by atoms with Gasteiger partial charge in [-0.1, -0.05) is 0 Å². The van der Waals surface area contributed by atoms with Crippen LogP contribution in [0.2, 0.25) is 0 Å². The van der Waals surface area contributed by atoms with Gasteiger partial charge in [0.15, 0.2) is 0 Å². The summed E-state index contributed by atoms with van der Waals surface area (Å²) in [5.41, 5.74) is 8.35. The SMILES string of the molecule is NC(CS)C(=O)Oc1ccc(-c2cc3cccnc3[nH]2)cc1. The molecule has 0 aliphatic rings. The molecule has 0 saturated heterocycles. The van der Waals surface area contributed by atoms with Crippen LogP contribution < -0.4 is 10.5 Å². The van der Waals surface area contributed by atoms with Crippen LogP contribution >= 0.6 is 12.6 Å².